The monoisotopic (exact) mass is 280 g/mol. The predicted octanol–water partition coefficient (Wildman–Crippen LogP) is 4.86. The Morgan fingerprint density at radius 3 is 2.76 bits per heavy atom. The summed E-state index contributed by atoms with van der Waals surface area (Å²) >= 11 is 0. The molecule has 1 heterocycles. The first-order valence-electron chi connectivity index (χ1n) is 7.01. The van der Waals surface area contributed by atoms with E-state index >= 15 is 0 Å². The fraction of sp³-hybridized carbons (Fsp3) is 0.167. The summed E-state index contributed by atoms with van der Waals surface area (Å²) in [5, 5.41) is 4.51. The average Bonchev–Trinajstić information content (AvgIpc) is 2.50. The third-order valence-corrected chi connectivity index (χ3v) is 3.71. The predicted molar refractivity (Wildman–Crippen MR) is 84.9 cm³/mol. The molecule has 0 saturated heterocycles. The van der Waals surface area contributed by atoms with E-state index in [1.165, 1.54) is 0 Å². The minimum Gasteiger partial charge on any atom is -0.378 e. The number of pyridine rings is 1. The van der Waals surface area contributed by atoms with Crippen LogP contribution in [-0.4, -0.2) is 4.98 Å². The summed E-state index contributed by atoms with van der Waals surface area (Å²) < 4.78 is 13.7. The van der Waals surface area contributed by atoms with E-state index in [0.717, 1.165) is 22.2 Å². The summed E-state index contributed by atoms with van der Waals surface area (Å²) in [4.78, 5) is 4.35. The van der Waals surface area contributed by atoms with Gasteiger partial charge >= 0.3 is 0 Å². The van der Waals surface area contributed by atoms with Gasteiger partial charge in [0.25, 0.3) is 0 Å². The van der Waals surface area contributed by atoms with E-state index in [-0.39, 0.29) is 11.9 Å². The molecule has 0 bridgehead atoms. The van der Waals surface area contributed by atoms with Crippen LogP contribution >= 0.6 is 0 Å². The third kappa shape index (κ3) is 2.72. The molecule has 0 radical (unpaired) electrons. The standard InChI is InChI=1S/C18H17FN2/c1-12-8-9-14(11-16(12)19)13(2)21-18-7-3-6-17-15(18)5-4-10-20-17/h3-11,13,21H,1-2H3. The number of nitrogens with zero attached hydrogens (tertiary/aromatic N) is 1. The van der Waals surface area contributed by atoms with Crippen molar-refractivity contribution in [3.63, 3.8) is 0 Å². The summed E-state index contributed by atoms with van der Waals surface area (Å²) in [6.45, 7) is 3.80. The second-order valence-corrected chi connectivity index (χ2v) is 5.25. The maximum Gasteiger partial charge on any atom is 0.126 e. The van der Waals surface area contributed by atoms with Crippen LogP contribution in [0.3, 0.4) is 0 Å². The van der Waals surface area contributed by atoms with E-state index in [4.69, 9.17) is 0 Å². The molecule has 0 aliphatic rings. The van der Waals surface area contributed by atoms with Gasteiger partial charge in [-0.1, -0.05) is 18.2 Å². The van der Waals surface area contributed by atoms with Gasteiger partial charge in [0.05, 0.1) is 5.52 Å². The molecule has 3 heteroatoms. The lowest BCUT2D eigenvalue weighted by atomic mass is 10.0. The first-order chi connectivity index (χ1) is 10.1. The summed E-state index contributed by atoms with van der Waals surface area (Å²) in [7, 11) is 0. The molecule has 3 aromatic rings. The van der Waals surface area contributed by atoms with Crippen molar-refractivity contribution in [1.82, 2.24) is 4.98 Å². The van der Waals surface area contributed by atoms with Crippen molar-refractivity contribution in [3.05, 3.63) is 71.7 Å². The van der Waals surface area contributed by atoms with Crippen molar-refractivity contribution in [2.75, 3.05) is 5.32 Å². The van der Waals surface area contributed by atoms with Gasteiger partial charge in [0, 0.05) is 23.3 Å². The van der Waals surface area contributed by atoms with Crippen LogP contribution in [0.2, 0.25) is 0 Å². The SMILES string of the molecule is Cc1ccc(C(C)Nc2cccc3ncccc23)cc1F. The molecule has 21 heavy (non-hydrogen) atoms. The number of anilines is 1. The maximum absolute atomic E-state index is 13.7. The lowest BCUT2D eigenvalue weighted by Gasteiger charge is -2.17. The Kier molecular flexibility index (Phi) is 3.57. The average molecular weight is 280 g/mol. The molecule has 0 amide bonds. The minimum absolute atomic E-state index is 0.0194. The zero-order valence-corrected chi connectivity index (χ0v) is 12.1. The summed E-state index contributed by atoms with van der Waals surface area (Å²) in [6.07, 6.45) is 1.78. The highest BCUT2D eigenvalue weighted by Crippen LogP contribution is 2.26. The van der Waals surface area contributed by atoms with Gasteiger partial charge in [0.2, 0.25) is 0 Å². The van der Waals surface area contributed by atoms with Crippen LogP contribution in [0.15, 0.2) is 54.7 Å². The smallest absolute Gasteiger partial charge is 0.126 e. The van der Waals surface area contributed by atoms with Crippen molar-refractivity contribution in [1.29, 1.82) is 0 Å². The van der Waals surface area contributed by atoms with Gasteiger partial charge < -0.3 is 5.32 Å². The van der Waals surface area contributed by atoms with E-state index in [2.05, 4.69) is 10.3 Å². The van der Waals surface area contributed by atoms with Crippen LogP contribution in [0.1, 0.15) is 24.1 Å². The van der Waals surface area contributed by atoms with Crippen LogP contribution in [0.5, 0.6) is 0 Å². The van der Waals surface area contributed by atoms with Crippen LogP contribution in [0.25, 0.3) is 10.9 Å². The second kappa shape index (κ2) is 5.52. The summed E-state index contributed by atoms with van der Waals surface area (Å²) in [5.74, 6) is -0.166. The van der Waals surface area contributed by atoms with Gasteiger partial charge in [-0.15, -0.1) is 0 Å². The molecule has 2 nitrogen and oxygen atoms in total. The molecular weight excluding hydrogens is 263 g/mol. The normalized spacial score (nSPS) is 12.3. The first-order valence-corrected chi connectivity index (χ1v) is 7.01. The Morgan fingerprint density at radius 1 is 1.10 bits per heavy atom. The largest absolute Gasteiger partial charge is 0.378 e. The quantitative estimate of drug-likeness (QED) is 0.741. The topological polar surface area (TPSA) is 24.9 Å². The summed E-state index contributed by atoms with van der Waals surface area (Å²) in [6, 6.07) is 15.3. The minimum atomic E-state index is -0.166. The molecule has 0 spiro atoms. The lowest BCUT2D eigenvalue weighted by molar-refractivity contribution is 0.614. The Bertz CT molecular complexity index is 778. The molecular formula is C18H17FN2. The number of aromatic nitrogens is 1. The maximum atomic E-state index is 13.7. The molecule has 0 saturated carbocycles. The van der Waals surface area contributed by atoms with Gasteiger partial charge in [-0.2, -0.15) is 0 Å². The van der Waals surface area contributed by atoms with Gasteiger partial charge in [-0.3, -0.25) is 4.98 Å². The van der Waals surface area contributed by atoms with E-state index in [9.17, 15) is 4.39 Å². The fourth-order valence-electron chi connectivity index (χ4n) is 2.42. The molecule has 1 unspecified atom stereocenters. The van der Waals surface area contributed by atoms with Gasteiger partial charge in [0.15, 0.2) is 0 Å². The highest BCUT2D eigenvalue weighted by molar-refractivity contribution is 5.91. The molecule has 1 atom stereocenters. The van der Waals surface area contributed by atoms with Crippen molar-refractivity contribution in [3.8, 4) is 0 Å². The zero-order valence-electron chi connectivity index (χ0n) is 12.1. The highest BCUT2D eigenvalue weighted by Gasteiger charge is 2.09. The number of hydrogen-bond acceptors (Lipinski definition) is 2. The van der Waals surface area contributed by atoms with Gasteiger partial charge in [0.1, 0.15) is 5.82 Å². The molecule has 1 N–H and O–H groups in total. The van der Waals surface area contributed by atoms with Crippen molar-refractivity contribution < 1.29 is 4.39 Å². The van der Waals surface area contributed by atoms with Crippen molar-refractivity contribution >= 4 is 16.6 Å². The highest BCUT2D eigenvalue weighted by atomic mass is 19.1. The number of halogens is 1. The Hall–Kier alpha value is -2.42. The number of hydrogen-bond donors (Lipinski definition) is 1. The Balaban J connectivity index is 1.92. The molecule has 0 aliphatic heterocycles. The molecule has 2 aromatic carbocycles. The van der Waals surface area contributed by atoms with Crippen LogP contribution in [0, 0.1) is 12.7 Å². The zero-order chi connectivity index (χ0) is 14.8. The number of nitrogens with one attached hydrogen (secondary N) is 1. The summed E-state index contributed by atoms with van der Waals surface area (Å²) in [5.41, 5.74) is 3.55. The molecule has 3 rings (SSSR count). The molecule has 0 aliphatic carbocycles. The number of rotatable bonds is 3. The van der Waals surface area contributed by atoms with Crippen molar-refractivity contribution in [2.45, 2.75) is 19.9 Å². The van der Waals surface area contributed by atoms with Crippen molar-refractivity contribution in [2.24, 2.45) is 0 Å². The molecule has 0 fully saturated rings. The first kappa shape index (κ1) is 13.6. The Morgan fingerprint density at radius 2 is 1.95 bits per heavy atom. The van der Waals surface area contributed by atoms with Crippen LogP contribution in [0.4, 0.5) is 10.1 Å². The fourth-order valence-corrected chi connectivity index (χ4v) is 2.42. The lowest BCUT2D eigenvalue weighted by Crippen LogP contribution is -2.07. The van der Waals surface area contributed by atoms with E-state index < -0.39 is 0 Å². The number of aryl methyl sites for hydroxylation is 1. The number of benzene rings is 2. The van der Waals surface area contributed by atoms with Gasteiger partial charge in [-0.05, 0) is 55.3 Å². The second-order valence-electron chi connectivity index (χ2n) is 5.25. The van der Waals surface area contributed by atoms with Crippen LogP contribution < -0.4 is 5.32 Å². The Labute approximate surface area is 123 Å². The van der Waals surface area contributed by atoms with E-state index in [0.29, 0.717) is 5.56 Å². The van der Waals surface area contributed by atoms with E-state index in [1.54, 1.807) is 19.2 Å². The van der Waals surface area contributed by atoms with Gasteiger partial charge in [-0.25, -0.2) is 4.39 Å². The molecule has 1 aromatic heterocycles. The number of fused-ring (bicyclic) bond motifs is 1. The molecule has 106 valence electrons. The van der Waals surface area contributed by atoms with E-state index in [1.807, 2.05) is 49.4 Å². The third-order valence-electron chi connectivity index (χ3n) is 3.71. The van der Waals surface area contributed by atoms with Crippen LogP contribution in [-0.2, 0) is 0 Å².